The molecule has 2 amide bonds. The number of nitrogens with zero attached hydrogens (tertiary/aromatic N) is 1. The number of amides is 2. The third-order valence-corrected chi connectivity index (χ3v) is 7.27. The van der Waals surface area contributed by atoms with Gasteiger partial charge in [0.25, 0.3) is 5.91 Å². The first-order valence-corrected chi connectivity index (χ1v) is 13.7. The van der Waals surface area contributed by atoms with Crippen LogP contribution in [0.2, 0.25) is 0 Å². The van der Waals surface area contributed by atoms with Crippen molar-refractivity contribution < 1.29 is 19.5 Å². The van der Waals surface area contributed by atoms with Crippen molar-refractivity contribution >= 4 is 22.7 Å². The predicted octanol–water partition coefficient (Wildman–Crippen LogP) is 4.86. The Labute approximate surface area is 230 Å². The summed E-state index contributed by atoms with van der Waals surface area (Å²) < 4.78 is 5.98. The first-order chi connectivity index (χ1) is 18.6. The van der Waals surface area contributed by atoms with Crippen molar-refractivity contribution in [2.45, 2.75) is 83.3 Å². The minimum atomic E-state index is -0.708. The Morgan fingerprint density at radius 2 is 1.77 bits per heavy atom. The van der Waals surface area contributed by atoms with Crippen molar-refractivity contribution in [3.05, 3.63) is 71.4 Å². The fraction of sp³-hybridized carbons (Fsp3) is 0.452. The van der Waals surface area contributed by atoms with E-state index in [1.807, 2.05) is 25.1 Å². The number of nitrogens with one attached hydrogen (secondary N) is 3. The monoisotopic (exact) mass is 532 g/mol. The van der Waals surface area contributed by atoms with Crippen molar-refractivity contribution in [2.75, 3.05) is 6.61 Å². The summed E-state index contributed by atoms with van der Waals surface area (Å²) in [5.41, 5.74) is 4.66. The smallest absolute Gasteiger partial charge is 0.251 e. The summed E-state index contributed by atoms with van der Waals surface area (Å²) in [4.78, 5) is 29.9. The van der Waals surface area contributed by atoms with Gasteiger partial charge in [-0.2, -0.15) is 0 Å². The van der Waals surface area contributed by atoms with Gasteiger partial charge in [-0.25, -0.2) is 5.48 Å². The zero-order valence-corrected chi connectivity index (χ0v) is 23.3. The Morgan fingerprint density at radius 3 is 2.44 bits per heavy atom. The average Bonchev–Trinajstić information content (AvgIpc) is 2.89. The molecule has 0 saturated heterocycles. The highest BCUT2D eigenvalue weighted by atomic mass is 16.5. The summed E-state index contributed by atoms with van der Waals surface area (Å²) in [5, 5.41) is 17.0. The van der Waals surface area contributed by atoms with Crippen LogP contribution in [0.25, 0.3) is 10.9 Å². The molecular formula is C31H40N4O4. The lowest BCUT2D eigenvalue weighted by Crippen LogP contribution is -2.56. The minimum Gasteiger partial charge on any atom is -0.493 e. The number of carbonyl (C=O) groups excluding carboxylic acids is 2. The van der Waals surface area contributed by atoms with E-state index in [0.29, 0.717) is 36.8 Å². The lowest BCUT2D eigenvalue weighted by molar-refractivity contribution is -0.131. The molecule has 1 aliphatic rings. The van der Waals surface area contributed by atoms with Gasteiger partial charge in [-0.05, 0) is 95.3 Å². The van der Waals surface area contributed by atoms with Crippen molar-refractivity contribution in [2.24, 2.45) is 0 Å². The molecule has 0 spiro atoms. The van der Waals surface area contributed by atoms with Crippen LogP contribution < -0.4 is 20.9 Å². The first-order valence-electron chi connectivity index (χ1n) is 13.7. The van der Waals surface area contributed by atoms with Crippen LogP contribution in [-0.2, 0) is 11.2 Å². The van der Waals surface area contributed by atoms with Gasteiger partial charge in [0.2, 0.25) is 5.91 Å². The zero-order chi connectivity index (χ0) is 28.0. The van der Waals surface area contributed by atoms with Gasteiger partial charge in [0.15, 0.2) is 0 Å². The number of carbonyl (C=O) groups is 2. The van der Waals surface area contributed by atoms with Crippen LogP contribution in [0.4, 0.5) is 0 Å². The molecule has 3 aromatic rings. The Hall–Kier alpha value is -3.49. The second kappa shape index (κ2) is 12.1. The quantitative estimate of drug-likeness (QED) is 0.231. The van der Waals surface area contributed by atoms with Crippen molar-refractivity contribution in [1.82, 2.24) is 21.1 Å². The van der Waals surface area contributed by atoms with Crippen molar-refractivity contribution in [3.63, 3.8) is 0 Å². The summed E-state index contributed by atoms with van der Waals surface area (Å²) in [6.45, 7) is 8.89. The predicted molar refractivity (Wildman–Crippen MR) is 152 cm³/mol. The summed E-state index contributed by atoms with van der Waals surface area (Å²) in [5.74, 6) is -0.0588. The van der Waals surface area contributed by atoms with Gasteiger partial charge >= 0.3 is 0 Å². The number of aryl methyl sites for hydroxylation is 1. The number of fused-ring (bicyclic) bond motifs is 1. The molecule has 0 atom stereocenters. The molecule has 1 aromatic heterocycles. The maximum Gasteiger partial charge on any atom is 0.251 e. The number of aromatic nitrogens is 1. The van der Waals surface area contributed by atoms with Gasteiger partial charge in [-0.15, -0.1) is 0 Å². The lowest BCUT2D eigenvalue weighted by atomic mass is 9.76. The van der Waals surface area contributed by atoms with E-state index in [9.17, 15) is 9.59 Å². The molecular weight excluding hydrogens is 492 g/mol. The molecule has 8 nitrogen and oxygen atoms in total. The maximum atomic E-state index is 13.2. The number of hydrogen-bond acceptors (Lipinski definition) is 6. The Bertz CT molecular complexity index is 1290. The van der Waals surface area contributed by atoms with Crippen LogP contribution in [0.1, 0.15) is 74.5 Å². The molecule has 4 rings (SSSR count). The largest absolute Gasteiger partial charge is 0.493 e. The topological polar surface area (TPSA) is 113 Å². The lowest BCUT2D eigenvalue weighted by Gasteiger charge is -2.42. The number of pyridine rings is 1. The van der Waals surface area contributed by atoms with E-state index in [1.54, 1.807) is 29.7 Å². The highest BCUT2D eigenvalue weighted by molar-refractivity contribution is 5.95. The third kappa shape index (κ3) is 7.77. The van der Waals surface area contributed by atoms with Crippen LogP contribution in [0.3, 0.4) is 0 Å². The van der Waals surface area contributed by atoms with Crippen molar-refractivity contribution in [1.29, 1.82) is 0 Å². The minimum absolute atomic E-state index is 0.00869. The SMILES string of the molecule is Cc1cc(CCOc2ccc(C(=O)NC3(CC(=O)NO)CCC(NC(C)(C)C)CC3)cc2)c2ccccc2n1. The standard InChI is InChI=1S/C31H40N4O4/c1-21-19-23(26-7-5-6-8-27(26)32-21)15-18-39-25-11-9-22(10-12-25)29(37)34-31(20-28(36)35-38)16-13-24(14-17-31)33-30(2,3)4/h5-12,19,24,33,38H,13-18,20H2,1-4H3,(H,34,37)(H,35,36). The molecule has 208 valence electrons. The molecule has 0 radical (unpaired) electrons. The van der Waals surface area contributed by atoms with E-state index < -0.39 is 11.4 Å². The van der Waals surface area contributed by atoms with Crippen LogP contribution in [0, 0.1) is 6.92 Å². The van der Waals surface area contributed by atoms with E-state index in [0.717, 1.165) is 35.9 Å². The molecule has 1 fully saturated rings. The average molecular weight is 533 g/mol. The third-order valence-electron chi connectivity index (χ3n) is 7.27. The molecule has 8 heteroatoms. The van der Waals surface area contributed by atoms with E-state index in [4.69, 9.17) is 9.94 Å². The summed E-state index contributed by atoms with van der Waals surface area (Å²) >= 11 is 0. The first kappa shape index (κ1) is 28.5. The molecule has 1 saturated carbocycles. The second-order valence-corrected chi connectivity index (χ2v) is 11.7. The normalized spacial score (nSPS) is 19.5. The molecule has 0 bridgehead atoms. The molecule has 0 unspecified atom stereocenters. The number of benzene rings is 2. The molecule has 2 aromatic carbocycles. The van der Waals surface area contributed by atoms with E-state index in [2.05, 4.69) is 48.5 Å². The number of hydrogen-bond donors (Lipinski definition) is 4. The van der Waals surface area contributed by atoms with Gasteiger partial charge in [0.1, 0.15) is 5.75 Å². The molecule has 39 heavy (non-hydrogen) atoms. The Kier molecular flexibility index (Phi) is 8.87. The van der Waals surface area contributed by atoms with Gasteiger partial charge in [0.05, 0.1) is 18.5 Å². The molecule has 4 N–H and O–H groups in total. The number of para-hydroxylation sites is 1. The molecule has 0 aliphatic heterocycles. The van der Waals surface area contributed by atoms with Crippen LogP contribution in [-0.4, -0.2) is 45.7 Å². The molecule has 1 aliphatic carbocycles. The van der Waals surface area contributed by atoms with Gasteiger partial charge in [-0.1, -0.05) is 18.2 Å². The van der Waals surface area contributed by atoms with Crippen LogP contribution >= 0.6 is 0 Å². The van der Waals surface area contributed by atoms with E-state index in [-0.39, 0.29) is 17.9 Å². The van der Waals surface area contributed by atoms with Gasteiger partial charge < -0.3 is 15.4 Å². The highest BCUT2D eigenvalue weighted by Gasteiger charge is 2.39. The Morgan fingerprint density at radius 1 is 1.08 bits per heavy atom. The van der Waals surface area contributed by atoms with Crippen LogP contribution in [0.5, 0.6) is 5.75 Å². The maximum absolute atomic E-state index is 13.2. The summed E-state index contributed by atoms with van der Waals surface area (Å²) in [6.07, 6.45) is 3.72. The Balaban J connectivity index is 1.36. The highest BCUT2D eigenvalue weighted by Crippen LogP contribution is 2.33. The van der Waals surface area contributed by atoms with Gasteiger partial charge in [-0.3, -0.25) is 19.8 Å². The molecule has 1 heterocycles. The van der Waals surface area contributed by atoms with E-state index >= 15 is 0 Å². The fourth-order valence-corrected chi connectivity index (χ4v) is 5.52. The number of rotatable bonds is 9. The van der Waals surface area contributed by atoms with Crippen molar-refractivity contribution in [3.8, 4) is 5.75 Å². The fourth-order valence-electron chi connectivity index (χ4n) is 5.52. The summed E-state index contributed by atoms with van der Waals surface area (Å²) in [6, 6.07) is 17.6. The van der Waals surface area contributed by atoms with E-state index in [1.165, 1.54) is 5.56 Å². The van der Waals surface area contributed by atoms with Gasteiger partial charge in [0, 0.05) is 40.2 Å². The zero-order valence-electron chi connectivity index (χ0n) is 23.3. The number of ether oxygens (including phenoxy) is 1. The number of hydroxylamine groups is 1. The summed E-state index contributed by atoms with van der Waals surface area (Å²) in [7, 11) is 0. The second-order valence-electron chi connectivity index (χ2n) is 11.7. The van der Waals surface area contributed by atoms with Crippen LogP contribution in [0.15, 0.2) is 54.6 Å².